The Morgan fingerprint density at radius 1 is 1.19 bits per heavy atom. The van der Waals surface area contributed by atoms with Gasteiger partial charge in [0, 0.05) is 12.5 Å². The number of methoxy groups -OCH3 is 1. The van der Waals surface area contributed by atoms with E-state index in [0.717, 1.165) is 24.9 Å². The second kappa shape index (κ2) is 12.3. The maximum Gasteiger partial charge on any atom is 0.328 e. The number of carbonyl (C=O) groups excluding carboxylic acids is 2. The molecule has 0 aromatic heterocycles. The Bertz CT molecular complexity index is 889. The highest BCUT2D eigenvalue weighted by Gasteiger charge is 2.26. The number of phenols is 1. The van der Waals surface area contributed by atoms with Crippen molar-refractivity contribution in [2.75, 3.05) is 27.3 Å². The zero-order chi connectivity index (χ0) is 22.8. The van der Waals surface area contributed by atoms with Crippen LogP contribution in [-0.2, 0) is 16.0 Å². The molecule has 2 aromatic rings. The number of nitrogens with one attached hydrogen (secondary N) is 2. The van der Waals surface area contributed by atoms with Gasteiger partial charge in [0.1, 0.15) is 17.5 Å². The van der Waals surface area contributed by atoms with Gasteiger partial charge in [-0.2, -0.15) is 0 Å². The summed E-state index contributed by atoms with van der Waals surface area (Å²) < 4.78 is 11.2. The van der Waals surface area contributed by atoms with Crippen LogP contribution in [-0.4, -0.2) is 50.3 Å². The zero-order valence-corrected chi connectivity index (χ0v) is 19.6. The van der Waals surface area contributed by atoms with Crippen molar-refractivity contribution in [3.63, 3.8) is 0 Å². The van der Waals surface area contributed by atoms with Crippen molar-refractivity contribution in [2.24, 2.45) is 0 Å². The molecule has 2 rings (SSSR count). The molecule has 1 amide bonds. The number of hydrogen-bond acceptors (Lipinski definition) is 6. The number of hydrogen-bond donors (Lipinski definition) is 3. The van der Waals surface area contributed by atoms with Crippen molar-refractivity contribution in [1.29, 1.82) is 0 Å². The molecule has 0 saturated heterocycles. The van der Waals surface area contributed by atoms with Crippen molar-refractivity contribution in [1.82, 2.24) is 10.6 Å². The van der Waals surface area contributed by atoms with Gasteiger partial charge in [-0.15, -0.1) is 0 Å². The molecule has 0 aliphatic rings. The largest absolute Gasteiger partial charge is 0.507 e. The summed E-state index contributed by atoms with van der Waals surface area (Å²) in [7, 11) is 3.17. The third kappa shape index (κ3) is 6.97. The smallest absolute Gasteiger partial charge is 0.328 e. The summed E-state index contributed by atoms with van der Waals surface area (Å²) in [4.78, 5) is 25.2. The minimum atomic E-state index is -0.888. The molecule has 0 saturated carbocycles. The van der Waals surface area contributed by atoms with E-state index >= 15 is 0 Å². The molecule has 0 spiro atoms. The first-order valence-electron chi connectivity index (χ1n) is 10.1. The number of rotatable bonds is 11. The molecule has 168 valence electrons. The van der Waals surface area contributed by atoms with Crippen molar-refractivity contribution >= 4 is 27.8 Å². The van der Waals surface area contributed by atoms with E-state index < -0.39 is 17.9 Å². The van der Waals surface area contributed by atoms with E-state index in [0.29, 0.717) is 22.4 Å². The summed E-state index contributed by atoms with van der Waals surface area (Å²) in [5, 5.41) is 16.3. The minimum absolute atomic E-state index is 0.0800. The maximum atomic E-state index is 13.0. The molecule has 0 radical (unpaired) electrons. The van der Waals surface area contributed by atoms with Gasteiger partial charge in [-0.3, -0.25) is 4.79 Å². The van der Waals surface area contributed by atoms with E-state index in [9.17, 15) is 14.7 Å². The maximum absolute atomic E-state index is 13.0. The van der Waals surface area contributed by atoms with Gasteiger partial charge in [-0.05, 0) is 60.4 Å². The van der Waals surface area contributed by atoms with Gasteiger partial charge < -0.3 is 25.2 Å². The summed E-state index contributed by atoms with van der Waals surface area (Å²) in [6, 6.07) is 9.84. The Labute approximate surface area is 191 Å². The van der Waals surface area contributed by atoms with Crippen LogP contribution in [0.2, 0.25) is 0 Å². The number of benzene rings is 2. The predicted octanol–water partition coefficient (Wildman–Crippen LogP) is 3.36. The second-order valence-corrected chi connectivity index (χ2v) is 7.90. The molecule has 1 unspecified atom stereocenters. The molecule has 0 aliphatic carbocycles. The van der Waals surface area contributed by atoms with E-state index in [4.69, 9.17) is 9.47 Å². The van der Waals surface area contributed by atoms with Gasteiger partial charge in [0.15, 0.2) is 0 Å². The van der Waals surface area contributed by atoms with Gasteiger partial charge in [0.2, 0.25) is 0 Å². The van der Waals surface area contributed by atoms with Gasteiger partial charge in [0.05, 0.1) is 23.8 Å². The highest BCUT2D eigenvalue weighted by Crippen LogP contribution is 2.36. The molecule has 0 bridgehead atoms. The van der Waals surface area contributed by atoms with Gasteiger partial charge in [0.25, 0.3) is 5.91 Å². The molecule has 7 nitrogen and oxygen atoms in total. The van der Waals surface area contributed by atoms with Crippen LogP contribution in [0.3, 0.4) is 0 Å². The van der Waals surface area contributed by atoms with Crippen LogP contribution in [0.1, 0.15) is 34.3 Å². The second-order valence-electron chi connectivity index (χ2n) is 7.11. The Kier molecular flexibility index (Phi) is 9.81. The number of unbranched alkanes of at least 4 members (excludes halogenated alkanes) is 1. The highest BCUT2D eigenvalue weighted by molar-refractivity contribution is 9.10. The molecule has 3 N–H and O–H groups in total. The summed E-state index contributed by atoms with van der Waals surface area (Å²) in [6.07, 6.45) is 2.10. The van der Waals surface area contributed by atoms with Gasteiger partial charge >= 0.3 is 5.97 Å². The lowest BCUT2D eigenvalue weighted by Gasteiger charge is -2.19. The average Bonchev–Trinajstić information content (AvgIpc) is 2.76. The molecule has 0 fully saturated rings. The number of carbonyl (C=O) groups is 2. The van der Waals surface area contributed by atoms with Crippen molar-refractivity contribution in [3.8, 4) is 11.5 Å². The Balaban J connectivity index is 2.16. The monoisotopic (exact) mass is 492 g/mol. The first-order valence-corrected chi connectivity index (χ1v) is 10.9. The fourth-order valence-corrected chi connectivity index (χ4v) is 3.57. The highest BCUT2D eigenvalue weighted by atomic mass is 79.9. The average molecular weight is 493 g/mol. The molecule has 0 aliphatic heterocycles. The summed E-state index contributed by atoms with van der Waals surface area (Å²) >= 11 is 3.46. The minimum Gasteiger partial charge on any atom is -0.507 e. The lowest BCUT2D eigenvalue weighted by Crippen LogP contribution is -2.43. The van der Waals surface area contributed by atoms with E-state index in [-0.39, 0.29) is 17.7 Å². The molecule has 2 aromatic carbocycles. The van der Waals surface area contributed by atoms with Crippen LogP contribution in [0, 0.1) is 6.92 Å². The number of amides is 1. The first-order chi connectivity index (χ1) is 14.9. The third-order valence-corrected chi connectivity index (χ3v) is 5.81. The van der Waals surface area contributed by atoms with Gasteiger partial charge in [-0.1, -0.05) is 30.3 Å². The number of esters is 1. The molecule has 0 heterocycles. The summed E-state index contributed by atoms with van der Waals surface area (Å²) in [5.41, 5.74) is 1.48. The van der Waals surface area contributed by atoms with Crippen molar-refractivity contribution < 1.29 is 24.2 Å². The molecular weight excluding hydrogens is 464 g/mol. The Morgan fingerprint density at radius 2 is 1.90 bits per heavy atom. The van der Waals surface area contributed by atoms with E-state index in [1.807, 2.05) is 37.4 Å². The normalized spacial score (nSPS) is 11.6. The number of aromatic hydroxyl groups is 1. The number of ether oxygens (including phenoxy) is 2. The Hall–Kier alpha value is -2.58. The fourth-order valence-electron chi connectivity index (χ4n) is 3.14. The van der Waals surface area contributed by atoms with Crippen LogP contribution < -0.4 is 15.4 Å². The van der Waals surface area contributed by atoms with E-state index in [1.165, 1.54) is 13.2 Å². The zero-order valence-electron chi connectivity index (χ0n) is 18.0. The molecule has 31 heavy (non-hydrogen) atoms. The third-order valence-electron chi connectivity index (χ3n) is 4.82. The first kappa shape index (κ1) is 24.7. The topological polar surface area (TPSA) is 96.9 Å². The Morgan fingerprint density at radius 3 is 2.55 bits per heavy atom. The molecule has 1 atom stereocenters. The van der Waals surface area contributed by atoms with Crippen molar-refractivity contribution in [2.45, 2.75) is 32.2 Å². The lowest BCUT2D eigenvalue weighted by molar-refractivity contribution is -0.142. The summed E-state index contributed by atoms with van der Waals surface area (Å²) in [5.74, 6) is -0.880. The fraction of sp³-hybridized carbons (Fsp3) is 0.391. The number of halogens is 1. The van der Waals surface area contributed by atoms with Crippen LogP contribution in [0.4, 0.5) is 0 Å². The number of phenolic OH excluding ortho intramolecular Hbond substituents is 1. The van der Waals surface area contributed by atoms with E-state index in [1.54, 1.807) is 6.92 Å². The van der Waals surface area contributed by atoms with Crippen LogP contribution in [0.5, 0.6) is 11.5 Å². The van der Waals surface area contributed by atoms with Crippen molar-refractivity contribution in [3.05, 3.63) is 57.6 Å². The van der Waals surface area contributed by atoms with Crippen LogP contribution >= 0.6 is 15.9 Å². The van der Waals surface area contributed by atoms with Gasteiger partial charge in [-0.25, -0.2) is 4.79 Å². The molecule has 8 heteroatoms. The molecular formula is C23H29BrN2O5. The lowest BCUT2D eigenvalue weighted by atomic mass is 10.0. The predicted molar refractivity (Wildman–Crippen MR) is 123 cm³/mol. The standard InChI is InChI=1S/C23H29BrN2O5/c1-15-20(18(27)14-19(21(15)24)31-12-8-7-11-25-2)22(28)26-17(23(29)30-3)13-16-9-5-4-6-10-16/h4-6,9-10,14,17,25,27H,7-8,11-13H2,1-3H3,(H,26,28). The van der Waals surface area contributed by atoms with Crippen LogP contribution in [0.25, 0.3) is 0 Å². The SMILES string of the molecule is CNCCCCOc1cc(O)c(C(=O)NC(Cc2ccccc2)C(=O)OC)c(C)c1Br. The summed E-state index contributed by atoms with van der Waals surface area (Å²) in [6.45, 7) is 3.10. The van der Waals surface area contributed by atoms with Crippen LogP contribution in [0.15, 0.2) is 40.9 Å². The van der Waals surface area contributed by atoms with E-state index in [2.05, 4.69) is 26.6 Å². The quantitative estimate of drug-likeness (QED) is 0.328.